The number of nitrogens with zero attached hydrogens (tertiary/aromatic N) is 1. The highest BCUT2D eigenvalue weighted by Crippen LogP contribution is 2.56. The minimum Gasteiger partial charge on any atom is -0.508 e. The molecule has 2 aromatic carbocycles. The van der Waals surface area contributed by atoms with E-state index in [1.807, 2.05) is 6.08 Å². The Labute approximate surface area is 230 Å². The summed E-state index contributed by atoms with van der Waals surface area (Å²) in [7, 11) is -0.284. The second-order valence-electron chi connectivity index (χ2n) is 10.6. The number of hydrogen-bond acceptors (Lipinski definition) is 8. The first-order chi connectivity index (χ1) is 19.1. The Hall–Kier alpha value is -4.28. The van der Waals surface area contributed by atoms with Crippen LogP contribution in [0.15, 0.2) is 76.9 Å². The Bertz CT molecular complexity index is 1600. The standard InChI is InChI=1S/C30H26BNO8/c1-14-10-24(34)27-22(28(14)35)13-20-18(25(27)21-12-17(40-2)6-9-23(21)33)7-8-19-26(20)30(37)32(29(19)36)16-5-3-4-15(11-16)31(38)39/h3-7,9-12,19-20,25-26,33,38-39H,8,13H2,1-2H3. The third-order valence-corrected chi connectivity index (χ3v) is 8.53. The highest BCUT2D eigenvalue weighted by molar-refractivity contribution is 6.58. The Morgan fingerprint density at radius 1 is 1.00 bits per heavy atom. The summed E-state index contributed by atoms with van der Waals surface area (Å²) >= 11 is 0. The average Bonchev–Trinajstić information content (AvgIpc) is 3.20. The number of ketones is 2. The second kappa shape index (κ2) is 9.43. The summed E-state index contributed by atoms with van der Waals surface area (Å²) in [6.45, 7) is 1.58. The van der Waals surface area contributed by atoms with Gasteiger partial charge >= 0.3 is 7.12 Å². The number of ether oxygens (including phenoxy) is 1. The molecule has 0 saturated carbocycles. The average molecular weight is 539 g/mol. The predicted octanol–water partition coefficient (Wildman–Crippen LogP) is 1.71. The molecule has 6 rings (SSSR count). The van der Waals surface area contributed by atoms with Gasteiger partial charge in [-0.2, -0.15) is 0 Å². The molecule has 1 heterocycles. The number of hydrogen-bond donors (Lipinski definition) is 3. The van der Waals surface area contributed by atoms with Gasteiger partial charge in [0.1, 0.15) is 11.5 Å². The van der Waals surface area contributed by atoms with Crippen LogP contribution in [-0.2, 0) is 19.2 Å². The maximum absolute atomic E-state index is 14.0. The smallest absolute Gasteiger partial charge is 0.488 e. The lowest BCUT2D eigenvalue weighted by atomic mass is 9.59. The molecule has 40 heavy (non-hydrogen) atoms. The van der Waals surface area contributed by atoms with Gasteiger partial charge in [-0.3, -0.25) is 24.1 Å². The number of imide groups is 1. The Kier molecular flexibility index (Phi) is 6.12. The molecule has 0 bridgehead atoms. The van der Waals surface area contributed by atoms with Crippen LogP contribution in [0.25, 0.3) is 0 Å². The number of carbonyl (C=O) groups is 4. The summed E-state index contributed by atoms with van der Waals surface area (Å²) in [5, 5.41) is 30.2. The molecule has 1 aliphatic heterocycles. The zero-order valence-corrected chi connectivity index (χ0v) is 21.8. The van der Waals surface area contributed by atoms with E-state index in [4.69, 9.17) is 4.74 Å². The van der Waals surface area contributed by atoms with Crippen molar-refractivity contribution < 1.29 is 39.1 Å². The summed E-state index contributed by atoms with van der Waals surface area (Å²) in [6.07, 6.45) is 3.53. The molecule has 3 N–H and O–H groups in total. The van der Waals surface area contributed by atoms with Crippen molar-refractivity contribution >= 4 is 41.6 Å². The van der Waals surface area contributed by atoms with E-state index in [-0.39, 0.29) is 46.9 Å². The number of anilines is 1. The van der Waals surface area contributed by atoms with Gasteiger partial charge in [0.15, 0.2) is 11.6 Å². The van der Waals surface area contributed by atoms with Crippen LogP contribution in [0.1, 0.15) is 31.2 Å². The fourth-order valence-electron chi connectivity index (χ4n) is 6.71. The number of phenolic OH excluding ortho intramolecular Hbond substituents is 1. The van der Waals surface area contributed by atoms with Crippen molar-refractivity contribution in [2.45, 2.75) is 25.7 Å². The first-order valence-corrected chi connectivity index (χ1v) is 13.0. The number of amides is 2. The largest absolute Gasteiger partial charge is 0.508 e. The quantitative estimate of drug-likeness (QED) is 0.231. The summed E-state index contributed by atoms with van der Waals surface area (Å²) in [6, 6.07) is 10.7. The zero-order valence-electron chi connectivity index (χ0n) is 21.8. The van der Waals surface area contributed by atoms with Crippen molar-refractivity contribution in [1.29, 1.82) is 0 Å². The molecule has 4 unspecified atom stereocenters. The van der Waals surface area contributed by atoms with E-state index in [9.17, 15) is 34.3 Å². The molecule has 4 aliphatic rings. The third-order valence-electron chi connectivity index (χ3n) is 8.53. The number of allylic oxidation sites excluding steroid dienone is 6. The molecule has 3 aliphatic carbocycles. The van der Waals surface area contributed by atoms with Crippen LogP contribution in [0.3, 0.4) is 0 Å². The van der Waals surface area contributed by atoms with E-state index in [1.165, 1.54) is 37.5 Å². The third kappa shape index (κ3) is 3.78. The van der Waals surface area contributed by atoms with Crippen LogP contribution >= 0.6 is 0 Å². The number of fused-ring (bicyclic) bond motifs is 3. The SMILES string of the molecule is COc1ccc(O)c(C2C3=CCC4C(=O)N(c5cccc(B(O)O)c5)C(=O)C4C3CC3=C2C(=O)C=C(C)C3=O)c1. The number of aromatic hydroxyl groups is 1. The van der Waals surface area contributed by atoms with Gasteiger partial charge in [0.05, 0.1) is 24.6 Å². The van der Waals surface area contributed by atoms with Crippen molar-refractivity contribution in [3.05, 3.63) is 82.5 Å². The van der Waals surface area contributed by atoms with Crippen LogP contribution in [0, 0.1) is 17.8 Å². The molecular formula is C30H26BNO8. The predicted molar refractivity (Wildman–Crippen MR) is 145 cm³/mol. The van der Waals surface area contributed by atoms with Gasteiger partial charge in [-0.1, -0.05) is 23.8 Å². The van der Waals surface area contributed by atoms with Gasteiger partial charge < -0.3 is 19.9 Å². The molecule has 1 fully saturated rings. The van der Waals surface area contributed by atoms with E-state index >= 15 is 0 Å². The summed E-state index contributed by atoms with van der Waals surface area (Å²) < 4.78 is 5.38. The fraction of sp³-hybridized carbons (Fsp3) is 0.267. The highest BCUT2D eigenvalue weighted by atomic mass is 16.5. The van der Waals surface area contributed by atoms with Crippen LogP contribution in [0.4, 0.5) is 5.69 Å². The molecule has 0 spiro atoms. The molecule has 0 radical (unpaired) electrons. The molecule has 202 valence electrons. The maximum Gasteiger partial charge on any atom is 0.488 e. The topological polar surface area (TPSA) is 141 Å². The first kappa shape index (κ1) is 26.0. The second-order valence-corrected chi connectivity index (χ2v) is 10.6. The number of phenols is 1. The Balaban J connectivity index is 1.49. The zero-order chi connectivity index (χ0) is 28.5. The molecule has 1 saturated heterocycles. The minimum absolute atomic E-state index is 0.0809. The maximum atomic E-state index is 14.0. The Morgan fingerprint density at radius 3 is 2.50 bits per heavy atom. The first-order valence-electron chi connectivity index (χ1n) is 13.0. The molecular weight excluding hydrogens is 513 g/mol. The summed E-state index contributed by atoms with van der Waals surface area (Å²) in [4.78, 5) is 55.4. The van der Waals surface area contributed by atoms with Crippen LogP contribution in [0.5, 0.6) is 11.5 Å². The van der Waals surface area contributed by atoms with E-state index in [1.54, 1.807) is 25.1 Å². The van der Waals surface area contributed by atoms with Crippen molar-refractivity contribution in [2.24, 2.45) is 17.8 Å². The molecule has 9 nitrogen and oxygen atoms in total. The lowest BCUT2D eigenvalue weighted by molar-refractivity contribution is -0.123. The van der Waals surface area contributed by atoms with Crippen LogP contribution in [-0.4, -0.2) is 52.8 Å². The molecule has 2 aromatic rings. The van der Waals surface area contributed by atoms with Gasteiger partial charge in [0.2, 0.25) is 11.8 Å². The van der Waals surface area contributed by atoms with Crippen LogP contribution in [0.2, 0.25) is 0 Å². The molecule has 10 heteroatoms. The van der Waals surface area contributed by atoms with Crippen molar-refractivity contribution in [1.82, 2.24) is 0 Å². The lowest BCUT2D eigenvalue weighted by Crippen LogP contribution is -2.40. The van der Waals surface area contributed by atoms with Gasteiger partial charge in [0.25, 0.3) is 0 Å². The van der Waals surface area contributed by atoms with Gasteiger partial charge in [-0.15, -0.1) is 0 Å². The van der Waals surface area contributed by atoms with Gasteiger partial charge in [-0.05, 0) is 67.6 Å². The van der Waals surface area contributed by atoms with Crippen molar-refractivity contribution in [3.8, 4) is 11.5 Å². The number of Topliss-reactive ketones (excluding diaryl/α,β-unsaturated/α-hetero) is 1. The summed E-state index contributed by atoms with van der Waals surface area (Å²) in [5.41, 5.74) is 2.33. The number of carbonyl (C=O) groups excluding carboxylic acids is 4. The van der Waals surface area contributed by atoms with Crippen molar-refractivity contribution in [2.75, 3.05) is 12.0 Å². The van der Waals surface area contributed by atoms with Crippen molar-refractivity contribution in [3.63, 3.8) is 0 Å². The fourth-order valence-corrected chi connectivity index (χ4v) is 6.71. The molecule has 4 atom stereocenters. The van der Waals surface area contributed by atoms with E-state index in [0.29, 0.717) is 28.0 Å². The highest BCUT2D eigenvalue weighted by Gasteiger charge is 2.56. The minimum atomic E-state index is -1.77. The van der Waals surface area contributed by atoms with E-state index < -0.39 is 42.6 Å². The normalized spacial score (nSPS) is 25.8. The van der Waals surface area contributed by atoms with Gasteiger partial charge in [-0.25, -0.2) is 0 Å². The number of methoxy groups -OCH3 is 1. The van der Waals surface area contributed by atoms with E-state index in [0.717, 1.165) is 4.90 Å². The lowest BCUT2D eigenvalue weighted by Gasteiger charge is -2.42. The number of benzene rings is 2. The Morgan fingerprint density at radius 2 is 1.77 bits per heavy atom. The summed E-state index contributed by atoms with van der Waals surface area (Å²) in [5.74, 6) is -3.94. The van der Waals surface area contributed by atoms with Crippen LogP contribution < -0.4 is 15.1 Å². The molecule has 2 amide bonds. The molecule has 0 aromatic heterocycles. The monoisotopic (exact) mass is 539 g/mol. The number of rotatable bonds is 4. The van der Waals surface area contributed by atoms with Gasteiger partial charge in [0, 0.05) is 28.2 Å². The van der Waals surface area contributed by atoms with E-state index in [2.05, 4.69) is 0 Å².